The first-order valence-corrected chi connectivity index (χ1v) is 4.87. The van der Waals surface area contributed by atoms with Crippen molar-refractivity contribution in [1.82, 2.24) is 4.98 Å². The third kappa shape index (κ3) is 1.59. The standard InChI is InChI=1S/C11H10ClNO2/c1-6-5-8-7(11(14)15-2)3-4-9(12)10(8)13-6/h3-5,13H,1-2H3. The third-order valence-electron chi connectivity index (χ3n) is 2.28. The van der Waals surface area contributed by atoms with Crippen LogP contribution in [-0.2, 0) is 4.74 Å². The Morgan fingerprint density at radius 1 is 1.47 bits per heavy atom. The Bertz CT molecular complexity index is 531. The van der Waals surface area contributed by atoms with Crippen LogP contribution in [0.5, 0.6) is 0 Å². The third-order valence-corrected chi connectivity index (χ3v) is 2.60. The van der Waals surface area contributed by atoms with E-state index >= 15 is 0 Å². The normalized spacial score (nSPS) is 10.6. The number of H-pyrrole nitrogens is 1. The average molecular weight is 224 g/mol. The Morgan fingerprint density at radius 2 is 2.20 bits per heavy atom. The van der Waals surface area contributed by atoms with E-state index in [-0.39, 0.29) is 5.97 Å². The van der Waals surface area contributed by atoms with Crippen LogP contribution in [0.2, 0.25) is 5.02 Å². The summed E-state index contributed by atoms with van der Waals surface area (Å²) in [5.41, 5.74) is 2.27. The molecule has 0 amide bonds. The molecule has 1 aromatic heterocycles. The molecule has 1 aromatic carbocycles. The fourth-order valence-corrected chi connectivity index (χ4v) is 1.82. The van der Waals surface area contributed by atoms with Crippen LogP contribution in [0.4, 0.5) is 0 Å². The molecule has 0 saturated heterocycles. The first kappa shape index (κ1) is 10.1. The molecular weight excluding hydrogens is 214 g/mol. The summed E-state index contributed by atoms with van der Waals surface area (Å²) >= 11 is 6.01. The summed E-state index contributed by atoms with van der Waals surface area (Å²) in [6, 6.07) is 5.24. The van der Waals surface area contributed by atoms with Gasteiger partial charge in [0.1, 0.15) is 0 Å². The minimum absolute atomic E-state index is 0.351. The second kappa shape index (κ2) is 3.59. The van der Waals surface area contributed by atoms with Crippen molar-refractivity contribution in [3.05, 3.63) is 34.5 Å². The second-order valence-corrected chi connectivity index (χ2v) is 3.73. The molecule has 4 heteroatoms. The van der Waals surface area contributed by atoms with E-state index in [0.29, 0.717) is 10.6 Å². The highest BCUT2D eigenvalue weighted by molar-refractivity contribution is 6.35. The van der Waals surface area contributed by atoms with Gasteiger partial charge in [-0.2, -0.15) is 0 Å². The largest absolute Gasteiger partial charge is 0.465 e. The molecule has 0 bridgehead atoms. The van der Waals surface area contributed by atoms with Crippen LogP contribution in [0.3, 0.4) is 0 Å². The molecule has 2 rings (SSSR count). The van der Waals surface area contributed by atoms with Crippen molar-refractivity contribution in [1.29, 1.82) is 0 Å². The smallest absolute Gasteiger partial charge is 0.338 e. The molecule has 1 heterocycles. The monoisotopic (exact) mass is 223 g/mol. The molecule has 0 aliphatic heterocycles. The van der Waals surface area contributed by atoms with Crippen LogP contribution >= 0.6 is 11.6 Å². The van der Waals surface area contributed by atoms with Gasteiger partial charge in [0.15, 0.2) is 0 Å². The number of carbonyl (C=O) groups excluding carboxylic acids is 1. The molecule has 3 nitrogen and oxygen atoms in total. The number of nitrogens with one attached hydrogen (secondary N) is 1. The molecular formula is C11H10ClNO2. The van der Waals surface area contributed by atoms with Gasteiger partial charge >= 0.3 is 5.97 Å². The van der Waals surface area contributed by atoms with Crippen molar-refractivity contribution in [2.45, 2.75) is 6.92 Å². The molecule has 0 radical (unpaired) electrons. The average Bonchev–Trinajstić information content (AvgIpc) is 2.60. The molecule has 2 aromatic rings. The number of aromatic amines is 1. The topological polar surface area (TPSA) is 42.1 Å². The molecule has 78 valence electrons. The van der Waals surface area contributed by atoms with Gasteiger partial charge < -0.3 is 9.72 Å². The zero-order chi connectivity index (χ0) is 11.0. The first-order chi connectivity index (χ1) is 7.13. The molecule has 15 heavy (non-hydrogen) atoms. The fourth-order valence-electron chi connectivity index (χ4n) is 1.61. The zero-order valence-electron chi connectivity index (χ0n) is 8.43. The highest BCUT2D eigenvalue weighted by Crippen LogP contribution is 2.27. The summed E-state index contributed by atoms with van der Waals surface area (Å²) < 4.78 is 4.70. The Hall–Kier alpha value is -1.48. The van der Waals surface area contributed by atoms with Crippen molar-refractivity contribution in [3.8, 4) is 0 Å². The Labute approximate surface area is 92.0 Å². The number of methoxy groups -OCH3 is 1. The number of hydrogen-bond acceptors (Lipinski definition) is 2. The number of rotatable bonds is 1. The van der Waals surface area contributed by atoms with Crippen molar-refractivity contribution >= 4 is 28.5 Å². The highest BCUT2D eigenvalue weighted by atomic mass is 35.5. The van der Waals surface area contributed by atoms with E-state index in [4.69, 9.17) is 16.3 Å². The lowest BCUT2D eigenvalue weighted by Gasteiger charge is -2.01. The lowest BCUT2D eigenvalue weighted by molar-refractivity contribution is 0.0603. The van der Waals surface area contributed by atoms with E-state index in [2.05, 4.69) is 4.98 Å². The summed E-state index contributed by atoms with van der Waals surface area (Å²) in [6.07, 6.45) is 0. The quantitative estimate of drug-likeness (QED) is 0.756. The van der Waals surface area contributed by atoms with Crippen LogP contribution in [-0.4, -0.2) is 18.1 Å². The Morgan fingerprint density at radius 3 is 2.87 bits per heavy atom. The van der Waals surface area contributed by atoms with E-state index in [9.17, 15) is 4.79 Å². The Kier molecular flexibility index (Phi) is 2.40. The SMILES string of the molecule is COC(=O)c1ccc(Cl)c2[nH]c(C)cc12. The maximum atomic E-state index is 11.5. The lowest BCUT2D eigenvalue weighted by atomic mass is 10.1. The number of benzene rings is 1. The van der Waals surface area contributed by atoms with E-state index in [0.717, 1.165) is 16.6 Å². The Balaban J connectivity index is 2.76. The van der Waals surface area contributed by atoms with Crippen LogP contribution in [0.25, 0.3) is 10.9 Å². The minimum atomic E-state index is -0.351. The molecule has 0 fully saturated rings. The second-order valence-electron chi connectivity index (χ2n) is 3.33. The van der Waals surface area contributed by atoms with Gasteiger partial charge in [-0.1, -0.05) is 11.6 Å². The van der Waals surface area contributed by atoms with Gasteiger partial charge in [-0.05, 0) is 25.1 Å². The number of fused-ring (bicyclic) bond motifs is 1. The summed E-state index contributed by atoms with van der Waals surface area (Å²) in [4.78, 5) is 14.6. The van der Waals surface area contributed by atoms with Crippen LogP contribution in [0.1, 0.15) is 16.1 Å². The summed E-state index contributed by atoms with van der Waals surface area (Å²) in [6.45, 7) is 1.91. The van der Waals surface area contributed by atoms with Crippen molar-refractivity contribution < 1.29 is 9.53 Å². The molecule has 0 unspecified atom stereocenters. The number of halogens is 1. The van der Waals surface area contributed by atoms with E-state index in [1.165, 1.54) is 7.11 Å². The fraction of sp³-hybridized carbons (Fsp3) is 0.182. The van der Waals surface area contributed by atoms with Crippen molar-refractivity contribution in [3.63, 3.8) is 0 Å². The number of hydrogen-bond donors (Lipinski definition) is 1. The van der Waals surface area contributed by atoms with Gasteiger partial charge in [0, 0.05) is 11.1 Å². The predicted octanol–water partition coefficient (Wildman–Crippen LogP) is 2.92. The first-order valence-electron chi connectivity index (χ1n) is 4.49. The maximum absolute atomic E-state index is 11.5. The van der Waals surface area contributed by atoms with Crippen molar-refractivity contribution in [2.24, 2.45) is 0 Å². The number of aryl methyl sites for hydroxylation is 1. The van der Waals surface area contributed by atoms with E-state index in [1.807, 2.05) is 13.0 Å². The van der Waals surface area contributed by atoms with Gasteiger partial charge in [0.2, 0.25) is 0 Å². The van der Waals surface area contributed by atoms with Gasteiger partial charge in [0.05, 0.1) is 23.2 Å². The van der Waals surface area contributed by atoms with Gasteiger partial charge in [-0.25, -0.2) is 4.79 Å². The van der Waals surface area contributed by atoms with Crippen LogP contribution < -0.4 is 0 Å². The van der Waals surface area contributed by atoms with Gasteiger partial charge in [-0.3, -0.25) is 0 Å². The zero-order valence-corrected chi connectivity index (χ0v) is 9.18. The number of aromatic nitrogens is 1. The number of ether oxygens (including phenoxy) is 1. The number of carbonyl (C=O) groups is 1. The van der Waals surface area contributed by atoms with Crippen molar-refractivity contribution in [2.75, 3.05) is 7.11 Å². The maximum Gasteiger partial charge on any atom is 0.338 e. The number of esters is 1. The van der Waals surface area contributed by atoms with Gasteiger partial charge in [-0.15, -0.1) is 0 Å². The highest BCUT2D eigenvalue weighted by Gasteiger charge is 2.13. The summed E-state index contributed by atoms with van der Waals surface area (Å²) in [5.74, 6) is -0.351. The minimum Gasteiger partial charge on any atom is -0.465 e. The molecule has 0 aliphatic rings. The molecule has 0 atom stereocenters. The molecule has 0 spiro atoms. The van der Waals surface area contributed by atoms with Crippen LogP contribution in [0, 0.1) is 6.92 Å². The van der Waals surface area contributed by atoms with Gasteiger partial charge in [0.25, 0.3) is 0 Å². The molecule has 0 aliphatic carbocycles. The van der Waals surface area contributed by atoms with Crippen LogP contribution in [0.15, 0.2) is 18.2 Å². The molecule has 0 saturated carbocycles. The predicted molar refractivity (Wildman–Crippen MR) is 59.4 cm³/mol. The summed E-state index contributed by atoms with van der Waals surface area (Å²) in [5, 5.41) is 1.40. The summed E-state index contributed by atoms with van der Waals surface area (Å²) in [7, 11) is 1.36. The van der Waals surface area contributed by atoms with E-state index in [1.54, 1.807) is 12.1 Å². The van der Waals surface area contributed by atoms with E-state index < -0.39 is 0 Å². The lowest BCUT2D eigenvalue weighted by Crippen LogP contribution is -2.01. The molecule has 1 N–H and O–H groups in total.